The lowest BCUT2D eigenvalue weighted by Gasteiger charge is -2.29. The van der Waals surface area contributed by atoms with Crippen LogP contribution in [0.15, 0.2) is 36.4 Å². The maximum Gasteiger partial charge on any atom is 0.409 e. The zero-order valence-electron chi connectivity index (χ0n) is 14.5. The van der Waals surface area contributed by atoms with Gasteiger partial charge >= 0.3 is 6.18 Å². The van der Waals surface area contributed by atoms with Gasteiger partial charge in [0, 0.05) is 13.0 Å². The van der Waals surface area contributed by atoms with Crippen molar-refractivity contribution in [2.45, 2.75) is 38.4 Å². The number of fused-ring (bicyclic) bond motifs is 1. The second-order valence-corrected chi connectivity index (χ2v) is 6.39. The van der Waals surface area contributed by atoms with Crippen molar-refractivity contribution in [2.75, 3.05) is 13.2 Å². The summed E-state index contributed by atoms with van der Waals surface area (Å²) in [6, 6.07) is 8.18. The van der Waals surface area contributed by atoms with E-state index >= 15 is 0 Å². The Hall–Kier alpha value is -2.28. The molecule has 26 heavy (non-hydrogen) atoms. The van der Waals surface area contributed by atoms with Gasteiger partial charge in [-0.3, -0.25) is 10.2 Å². The van der Waals surface area contributed by atoms with Crippen molar-refractivity contribution in [1.82, 2.24) is 10.4 Å². The summed E-state index contributed by atoms with van der Waals surface area (Å²) in [6.07, 6.45) is -2.51. The van der Waals surface area contributed by atoms with Crippen molar-refractivity contribution in [1.29, 1.82) is 0 Å². The quantitative estimate of drug-likeness (QED) is 0.773. The van der Waals surface area contributed by atoms with Gasteiger partial charge in [0.1, 0.15) is 11.8 Å². The Kier molecular flexibility index (Phi) is 5.36. The van der Waals surface area contributed by atoms with Crippen molar-refractivity contribution in [3.63, 3.8) is 0 Å². The number of nitrogens with zero attached hydrogens (tertiary/aromatic N) is 1. The van der Waals surface area contributed by atoms with Crippen LogP contribution in [0.1, 0.15) is 37.8 Å². The summed E-state index contributed by atoms with van der Waals surface area (Å²) in [7, 11) is 0. The SMILES string of the molecule is CCCCOc1ccc2ccc([C@H](N3CCC(=O)N3)C(F)(F)F)cc2c1. The summed E-state index contributed by atoms with van der Waals surface area (Å²) in [5, 5.41) is 2.48. The fraction of sp³-hybridized carbons (Fsp3) is 0.421. The molecular formula is C19H21F3N2O2. The predicted molar refractivity (Wildman–Crippen MR) is 92.6 cm³/mol. The highest BCUT2D eigenvalue weighted by Crippen LogP contribution is 2.39. The van der Waals surface area contributed by atoms with Crippen LogP contribution < -0.4 is 10.2 Å². The number of carbonyl (C=O) groups is 1. The van der Waals surface area contributed by atoms with Crippen LogP contribution in [0.4, 0.5) is 13.2 Å². The maximum absolute atomic E-state index is 13.7. The number of carbonyl (C=O) groups excluding carboxylic acids is 1. The van der Waals surface area contributed by atoms with E-state index in [0.717, 1.165) is 23.2 Å². The Balaban J connectivity index is 1.92. The molecule has 1 amide bonds. The second-order valence-electron chi connectivity index (χ2n) is 6.39. The van der Waals surface area contributed by atoms with Crippen LogP contribution in [-0.2, 0) is 4.79 Å². The van der Waals surface area contributed by atoms with Crippen LogP contribution in [0.2, 0.25) is 0 Å². The molecule has 0 unspecified atom stereocenters. The number of hydrogen-bond donors (Lipinski definition) is 1. The highest BCUT2D eigenvalue weighted by molar-refractivity contribution is 5.84. The minimum Gasteiger partial charge on any atom is -0.494 e. The number of rotatable bonds is 6. The molecule has 1 aliphatic heterocycles. The van der Waals surface area contributed by atoms with Gasteiger partial charge in [0.05, 0.1) is 6.61 Å². The third kappa shape index (κ3) is 4.09. The van der Waals surface area contributed by atoms with Gasteiger partial charge in [0.25, 0.3) is 0 Å². The molecule has 1 aliphatic rings. The van der Waals surface area contributed by atoms with E-state index in [0.29, 0.717) is 17.7 Å². The van der Waals surface area contributed by atoms with Gasteiger partial charge in [0.15, 0.2) is 0 Å². The number of hydrogen-bond acceptors (Lipinski definition) is 3. The lowest BCUT2D eigenvalue weighted by molar-refractivity contribution is -0.191. The third-order valence-electron chi connectivity index (χ3n) is 4.39. The number of nitrogens with one attached hydrogen (secondary N) is 1. The molecule has 1 heterocycles. The van der Waals surface area contributed by atoms with Crippen molar-refractivity contribution in [3.05, 3.63) is 42.0 Å². The highest BCUT2D eigenvalue weighted by Gasteiger charge is 2.46. The van der Waals surface area contributed by atoms with E-state index in [1.807, 2.05) is 12.1 Å². The molecule has 2 aromatic carbocycles. The molecule has 4 nitrogen and oxygen atoms in total. The van der Waals surface area contributed by atoms with E-state index in [9.17, 15) is 18.0 Å². The minimum atomic E-state index is -4.50. The van der Waals surface area contributed by atoms with Gasteiger partial charge in [-0.1, -0.05) is 31.5 Å². The third-order valence-corrected chi connectivity index (χ3v) is 4.39. The lowest BCUT2D eigenvalue weighted by atomic mass is 10.0. The van der Waals surface area contributed by atoms with E-state index in [1.165, 1.54) is 12.1 Å². The molecule has 1 N–H and O–H groups in total. The lowest BCUT2D eigenvalue weighted by Crippen LogP contribution is -2.43. The van der Waals surface area contributed by atoms with Crippen LogP contribution in [-0.4, -0.2) is 30.2 Å². The summed E-state index contributed by atoms with van der Waals surface area (Å²) in [5.74, 6) is 0.243. The Bertz CT molecular complexity index is 792. The van der Waals surface area contributed by atoms with Gasteiger partial charge in [-0.2, -0.15) is 13.2 Å². The topological polar surface area (TPSA) is 41.6 Å². The van der Waals surface area contributed by atoms with Crippen LogP contribution >= 0.6 is 0 Å². The number of benzene rings is 2. The first-order valence-corrected chi connectivity index (χ1v) is 8.68. The van der Waals surface area contributed by atoms with Gasteiger partial charge in [-0.25, -0.2) is 5.01 Å². The first-order valence-electron chi connectivity index (χ1n) is 8.68. The van der Waals surface area contributed by atoms with E-state index in [2.05, 4.69) is 12.3 Å². The van der Waals surface area contributed by atoms with Crippen LogP contribution in [0.3, 0.4) is 0 Å². The molecule has 0 aliphatic carbocycles. The van der Waals surface area contributed by atoms with Gasteiger partial charge in [-0.15, -0.1) is 0 Å². The molecule has 0 aromatic heterocycles. The van der Waals surface area contributed by atoms with Crippen molar-refractivity contribution >= 4 is 16.7 Å². The van der Waals surface area contributed by atoms with E-state index in [1.54, 1.807) is 12.1 Å². The largest absolute Gasteiger partial charge is 0.494 e. The van der Waals surface area contributed by atoms with Crippen molar-refractivity contribution in [3.8, 4) is 5.75 Å². The standard InChI is InChI=1S/C19H21F3N2O2/c1-2-3-10-26-16-7-6-13-4-5-14(11-15(13)12-16)18(19(20,21)22)24-9-8-17(25)23-24/h4-7,11-12,18H,2-3,8-10H2,1H3,(H,23,25)/t18-/m0/s1. The molecule has 0 saturated carbocycles. The monoisotopic (exact) mass is 366 g/mol. The average Bonchev–Trinajstić information content (AvgIpc) is 2.99. The molecule has 3 rings (SSSR count). The number of alkyl halides is 3. The zero-order valence-corrected chi connectivity index (χ0v) is 14.5. The first-order chi connectivity index (χ1) is 12.4. The Morgan fingerprint density at radius 1 is 1.19 bits per heavy atom. The summed E-state index contributed by atoms with van der Waals surface area (Å²) < 4.78 is 46.6. The number of amides is 1. The molecule has 7 heteroatoms. The molecule has 0 bridgehead atoms. The smallest absolute Gasteiger partial charge is 0.409 e. The molecule has 0 radical (unpaired) electrons. The van der Waals surface area contributed by atoms with Gasteiger partial charge < -0.3 is 4.74 Å². The number of hydrazine groups is 1. The van der Waals surface area contributed by atoms with Gasteiger partial charge in [0.2, 0.25) is 5.91 Å². The fourth-order valence-electron chi connectivity index (χ4n) is 3.07. The average molecular weight is 366 g/mol. The normalized spacial score (nSPS) is 16.7. The summed E-state index contributed by atoms with van der Waals surface area (Å²) in [5.41, 5.74) is 2.40. The van der Waals surface area contributed by atoms with Gasteiger partial charge in [-0.05, 0) is 41.0 Å². The summed E-state index contributed by atoms with van der Waals surface area (Å²) in [4.78, 5) is 11.4. The highest BCUT2D eigenvalue weighted by atomic mass is 19.4. The van der Waals surface area contributed by atoms with Crippen LogP contribution in [0.5, 0.6) is 5.75 Å². The maximum atomic E-state index is 13.7. The minimum absolute atomic E-state index is 0.0290. The van der Waals surface area contributed by atoms with E-state index in [-0.39, 0.29) is 18.5 Å². The number of ether oxygens (including phenoxy) is 1. The summed E-state index contributed by atoms with van der Waals surface area (Å²) >= 11 is 0. The van der Waals surface area contributed by atoms with Crippen LogP contribution in [0, 0.1) is 0 Å². The Morgan fingerprint density at radius 2 is 1.96 bits per heavy atom. The fourth-order valence-corrected chi connectivity index (χ4v) is 3.07. The number of unbranched alkanes of at least 4 members (excludes halogenated alkanes) is 1. The zero-order chi connectivity index (χ0) is 18.7. The predicted octanol–water partition coefficient (Wildman–Crippen LogP) is 4.36. The molecule has 1 atom stereocenters. The number of halogens is 3. The first kappa shape index (κ1) is 18.5. The van der Waals surface area contributed by atoms with E-state index < -0.39 is 18.1 Å². The molecule has 140 valence electrons. The van der Waals surface area contributed by atoms with Crippen molar-refractivity contribution in [2.24, 2.45) is 0 Å². The molecule has 2 aromatic rings. The molecule has 1 saturated heterocycles. The Labute approximate surface area is 149 Å². The summed E-state index contributed by atoms with van der Waals surface area (Å²) in [6.45, 7) is 2.67. The molecular weight excluding hydrogens is 345 g/mol. The van der Waals surface area contributed by atoms with Crippen molar-refractivity contribution < 1.29 is 22.7 Å². The second kappa shape index (κ2) is 7.53. The Morgan fingerprint density at radius 3 is 2.62 bits per heavy atom. The molecule has 1 fully saturated rings. The van der Waals surface area contributed by atoms with E-state index in [4.69, 9.17) is 4.74 Å². The van der Waals surface area contributed by atoms with Crippen LogP contribution in [0.25, 0.3) is 10.8 Å². The molecule has 0 spiro atoms.